The fraction of sp³-hybridized carbons (Fsp3) is 0.211. The van der Waals surface area contributed by atoms with E-state index in [-0.39, 0.29) is 23.3 Å². The zero-order valence-electron chi connectivity index (χ0n) is 12.7. The minimum absolute atomic E-state index is 0. The maximum atomic E-state index is 5.78. The molecule has 0 atom stereocenters. The van der Waals surface area contributed by atoms with Gasteiger partial charge in [0.2, 0.25) is 12.0 Å². The highest BCUT2D eigenvalue weighted by Gasteiger charge is 2.30. The Morgan fingerprint density at radius 1 is 0.870 bits per heavy atom. The molecule has 3 aromatic rings. The molecule has 0 radical (unpaired) electrons. The molecule has 1 aliphatic heterocycles. The molecular formula is C19H18BrNO2. The van der Waals surface area contributed by atoms with Crippen molar-refractivity contribution < 1.29 is 31.0 Å². The Morgan fingerprint density at radius 3 is 2.35 bits per heavy atom. The van der Waals surface area contributed by atoms with Crippen LogP contribution in [0.1, 0.15) is 17.5 Å². The zero-order chi connectivity index (χ0) is 14.8. The van der Waals surface area contributed by atoms with Crippen molar-refractivity contribution in [3.05, 3.63) is 78.1 Å². The quantitative estimate of drug-likeness (QED) is 0.614. The standard InChI is InChI=1S/C19H18NO2.BrH/c1-2-6-15(7-3-1)14-20-11-10-16-8-4-5-9-17(16)18(20)19-21-12-13-22-19;/h1-11,19H,12-14H2;1H/q+1;/p-1. The third-order valence-corrected chi connectivity index (χ3v) is 4.02. The van der Waals surface area contributed by atoms with Crippen LogP contribution in [0.2, 0.25) is 0 Å². The Kier molecular flexibility index (Phi) is 5.06. The van der Waals surface area contributed by atoms with Gasteiger partial charge in [0.05, 0.1) is 18.6 Å². The lowest BCUT2D eigenvalue weighted by molar-refractivity contribution is -0.700. The van der Waals surface area contributed by atoms with Gasteiger partial charge in [0, 0.05) is 11.6 Å². The predicted octanol–water partition coefficient (Wildman–Crippen LogP) is 0.225. The van der Waals surface area contributed by atoms with Crippen LogP contribution in [0.4, 0.5) is 0 Å². The number of ether oxygens (including phenoxy) is 2. The van der Waals surface area contributed by atoms with E-state index in [0.29, 0.717) is 13.2 Å². The molecule has 1 aromatic heterocycles. The van der Waals surface area contributed by atoms with E-state index < -0.39 is 0 Å². The summed E-state index contributed by atoms with van der Waals surface area (Å²) in [6.45, 7) is 2.11. The monoisotopic (exact) mass is 371 g/mol. The summed E-state index contributed by atoms with van der Waals surface area (Å²) in [5, 5.41) is 2.40. The van der Waals surface area contributed by atoms with E-state index in [9.17, 15) is 0 Å². The van der Waals surface area contributed by atoms with Crippen LogP contribution in [0.15, 0.2) is 66.9 Å². The predicted molar refractivity (Wildman–Crippen MR) is 84.3 cm³/mol. The number of pyridine rings is 1. The first-order valence-corrected chi connectivity index (χ1v) is 7.60. The SMILES string of the molecule is [Br-].c1ccc(C[n+]2ccc3ccccc3c2C2OCCO2)cc1. The normalized spacial score (nSPS) is 14.8. The Labute approximate surface area is 146 Å². The van der Waals surface area contributed by atoms with Crippen LogP contribution in [0.5, 0.6) is 0 Å². The highest BCUT2D eigenvalue weighted by atomic mass is 79.9. The van der Waals surface area contributed by atoms with E-state index in [0.717, 1.165) is 12.2 Å². The largest absolute Gasteiger partial charge is 1.00 e. The van der Waals surface area contributed by atoms with E-state index >= 15 is 0 Å². The molecule has 118 valence electrons. The minimum atomic E-state index is -0.283. The van der Waals surface area contributed by atoms with Crippen LogP contribution >= 0.6 is 0 Å². The smallest absolute Gasteiger partial charge is 0.246 e. The molecule has 0 saturated carbocycles. The lowest BCUT2D eigenvalue weighted by Crippen LogP contribution is -3.00. The van der Waals surface area contributed by atoms with Crippen molar-refractivity contribution in [1.29, 1.82) is 0 Å². The van der Waals surface area contributed by atoms with Crippen LogP contribution in [-0.4, -0.2) is 13.2 Å². The first-order valence-electron chi connectivity index (χ1n) is 7.60. The van der Waals surface area contributed by atoms with Crippen molar-refractivity contribution in [3.8, 4) is 0 Å². The summed E-state index contributed by atoms with van der Waals surface area (Å²) in [5.74, 6) is 0. The second-order valence-corrected chi connectivity index (χ2v) is 5.48. The van der Waals surface area contributed by atoms with E-state index in [1.165, 1.54) is 16.3 Å². The lowest BCUT2D eigenvalue weighted by Gasteiger charge is -2.12. The van der Waals surface area contributed by atoms with E-state index in [1.807, 2.05) is 6.07 Å². The van der Waals surface area contributed by atoms with Gasteiger partial charge in [0.25, 0.3) is 0 Å². The van der Waals surface area contributed by atoms with Gasteiger partial charge < -0.3 is 26.5 Å². The third-order valence-electron chi connectivity index (χ3n) is 4.02. The fourth-order valence-corrected chi connectivity index (χ4v) is 2.98. The second kappa shape index (κ2) is 7.21. The van der Waals surface area contributed by atoms with Crippen LogP contribution in [0.3, 0.4) is 0 Å². The Bertz CT molecular complexity index is 786. The average molecular weight is 372 g/mol. The lowest BCUT2D eigenvalue weighted by atomic mass is 10.1. The number of halogens is 1. The van der Waals surface area contributed by atoms with Crippen molar-refractivity contribution in [1.82, 2.24) is 0 Å². The molecule has 0 aliphatic carbocycles. The topological polar surface area (TPSA) is 22.3 Å². The molecule has 2 heterocycles. The molecule has 2 aromatic carbocycles. The van der Waals surface area contributed by atoms with Crippen molar-refractivity contribution in [2.45, 2.75) is 12.8 Å². The van der Waals surface area contributed by atoms with E-state index in [4.69, 9.17) is 9.47 Å². The maximum Gasteiger partial charge on any atom is 0.246 e. The molecule has 4 rings (SSSR count). The fourth-order valence-electron chi connectivity index (χ4n) is 2.98. The maximum absolute atomic E-state index is 5.78. The average Bonchev–Trinajstić information content (AvgIpc) is 3.10. The minimum Gasteiger partial charge on any atom is -1.00 e. The summed E-state index contributed by atoms with van der Waals surface area (Å²) in [4.78, 5) is 0. The van der Waals surface area contributed by atoms with Gasteiger partial charge in [-0.25, -0.2) is 0 Å². The molecule has 4 heteroatoms. The van der Waals surface area contributed by atoms with Crippen molar-refractivity contribution in [2.75, 3.05) is 13.2 Å². The molecule has 1 aliphatic rings. The summed E-state index contributed by atoms with van der Waals surface area (Å²) in [7, 11) is 0. The van der Waals surface area contributed by atoms with Crippen molar-refractivity contribution in [3.63, 3.8) is 0 Å². The van der Waals surface area contributed by atoms with Gasteiger partial charge in [-0.2, -0.15) is 4.57 Å². The van der Waals surface area contributed by atoms with Crippen molar-refractivity contribution in [2.24, 2.45) is 0 Å². The Hall–Kier alpha value is -1.75. The third kappa shape index (κ3) is 3.29. The summed E-state index contributed by atoms with van der Waals surface area (Å²) < 4.78 is 13.8. The number of benzene rings is 2. The molecule has 3 nitrogen and oxygen atoms in total. The van der Waals surface area contributed by atoms with Gasteiger partial charge in [0.1, 0.15) is 0 Å². The number of fused-ring (bicyclic) bond motifs is 1. The zero-order valence-corrected chi connectivity index (χ0v) is 14.3. The molecule has 23 heavy (non-hydrogen) atoms. The van der Waals surface area contributed by atoms with E-state index in [2.05, 4.69) is 65.4 Å². The summed E-state index contributed by atoms with van der Waals surface area (Å²) in [6.07, 6.45) is 1.84. The molecule has 1 saturated heterocycles. The summed E-state index contributed by atoms with van der Waals surface area (Å²) in [5.41, 5.74) is 2.36. The number of nitrogens with zero attached hydrogens (tertiary/aromatic N) is 1. The van der Waals surface area contributed by atoms with Crippen LogP contribution < -0.4 is 21.5 Å². The molecule has 1 fully saturated rings. The van der Waals surface area contributed by atoms with Crippen LogP contribution in [-0.2, 0) is 16.0 Å². The summed E-state index contributed by atoms with van der Waals surface area (Å²) in [6, 6.07) is 21.0. The second-order valence-electron chi connectivity index (χ2n) is 5.48. The molecule has 0 spiro atoms. The number of hydrogen-bond acceptors (Lipinski definition) is 2. The van der Waals surface area contributed by atoms with Crippen LogP contribution in [0.25, 0.3) is 10.8 Å². The van der Waals surface area contributed by atoms with Crippen LogP contribution in [0, 0.1) is 0 Å². The van der Waals surface area contributed by atoms with Gasteiger partial charge in [-0.15, -0.1) is 0 Å². The first-order chi connectivity index (χ1) is 10.9. The van der Waals surface area contributed by atoms with Gasteiger partial charge in [-0.1, -0.05) is 48.5 Å². The van der Waals surface area contributed by atoms with Gasteiger partial charge in [0.15, 0.2) is 12.7 Å². The molecule has 0 amide bonds. The molecular weight excluding hydrogens is 354 g/mol. The van der Waals surface area contributed by atoms with Gasteiger partial charge >= 0.3 is 0 Å². The Morgan fingerprint density at radius 2 is 1.57 bits per heavy atom. The Balaban J connectivity index is 0.00000156. The molecule has 0 unspecified atom stereocenters. The summed E-state index contributed by atoms with van der Waals surface area (Å²) >= 11 is 0. The highest BCUT2D eigenvalue weighted by molar-refractivity contribution is 5.83. The first kappa shape index (κ1) is 16.1. The van der Waals surface area contributed by atoms with Gasteiger partial charge in [-0.3, -0.25) is 0 Å². The number of aromatic nitrogens is 1. The molecule has 0 N–H and O–H groups in total. The van der Waals surface area contributed by atoms with E-state index in [1.54, 1.807) is 0 Å². The number of hydrogen-bond donors (Lipinski definition) is 0. The molecule has 0 bridgehead atoms. The highest BCUT2D eigenvalue weighted by Crippen LogP contribution is 2.27. The van der Waals surface area contributed by atoms with Crippen molar-refractivity contribution >= 4 is 10.8 Å². The number of rotatable bonds is 3. The van der Waals surface area contributed by atoms with Gasteiger partial charge in [-0.05, 0) is 11.5 Å².